The number of nitrogens with one attached hydrogen (secondary N) is 1. The van der Waals surface area contributed by atoms with Gasteiger partial charge in [0.2, 0.25) is 5.91 Å². The molecule has 1 amide bonds. The second-order valence-corrected chi connectivity index (χ2v) is 13.1. The predicted octanol–water partition coefficient (Wildman–Crippen LogP) is 10.3. The van der Waals surface area contributed by atoms with Gasteiger partial charge in [-0.1, -0.05) is 121 Å². The lowest BCUT2D eigenvalue weighted by molar-refractivity contribution is -0.116. The number of H-pyrrole nitrogens is 1. The van der Waals surface area contributed by atoms with Crippen LogP contribution in [0.25, 0.3) is 5.69 Å². The SMILES string of the molecule is CCCCCCCCCCCCCCCc1cccc(OC(CC)CN(C(C)=O)c2cc(=O)n(-c3c(C)cc(C)cc3Cl)[nH]2)c1. The van der Waals surface area contributed by atoms with Gasteiger partial charge in [-0.15, -0.1) is 0 Å². The van der Waals surface area contributed by atoms with Crippen molar-refractivity contribution in [3.8, 4) is 11.4 Å². The van der Waals surface area contributed by atoms with Gasteiger partial charge in [0, 0.05) is 13.0 Å². The number of nitrogens with zero attached hydrogens (tertiary/aromatic N) is 2. The quantitative estimate of drug-likeness (QED) is 0.118. The molecule has 7 heteroatoms. The number of ether oxygens (including phenoxy) is 1. The van der Waals surface area contributed by atoms with Crippen molar-refractivity contribution < 1.29 is 9.53 Å². The zero-order valence-corrected chi connectivity index (χ0v) is 29.2. The molecule has 0 saturated carbocycles. The first kappa shape index (κ1) is 36.5. The molecule has 0 spiro atoms. The molecule has 0 bridgehead atoms. The summed E-state index contributed by atoms with van der Waals surface area (Å²) >= 11 is 6.51. The Labute approximate surface area is 276 Å². The van der Waals surface area contributed by atoms with E-state index in [1.54, 1.807) is 4.90 Å². The Balaban J connectivity index is 1.48. The van der Waals surface area contributed by atoms with Crippen LogP contribution < -0.4 is 15.2 Å². The van der Waals surface area contributed by atoms with E-state index in [1.165, 1.54) is 107 Å². The normalized spacial score (nSPS) is 12.0. The summed E-state index contributed by atoms with van der Waals surface area (Å²) in [7, 11) is 0. The minimum atomic E-state index is -0.278. The summed E-state index contributed by atoms with van der Waals surface area (Å²) in [6.07, 6.45) is 19.1. The Morgan fingerprint density at radius 1 is 0.889 bits per heavy atom. The molecule has 0 fully saturated rings. The Bertz CT molecular complexity index is 1360. The molecule has 6 nitrogen and oxygen atoms in total. The highest BCUT2D eigenvalue weighted by Crippen LogP contribution is 2.26. The van der Waals surface area contributed by atoms with Gasteiger partial charge < -0.3 is 4.74 Å². The summed E-state index contributed by atoms with van der Waals surface area (Å²) in [5, 5.41) is 3.59. The van der Waals surface area contributed by atoms with Crippen molar-refractivity contribution in [2.24, 2.45) is 0 Å². The van der Waals surface area contributed by atoms with Gasteiger partial charge in [-0.25, -0.2) is 4.68 Å². The number of benzene rings is 2. The zero-order chi connectivity index (χ0) is 32.6. The van der Waals surface area contributed by atoms with Gasteiger partial charge in [0.05, 0.1) is 17.3 Å². The summed E-state index contributed by atoms with van der Waals surface area (Å²) < 4.78 is 7.79. The molecule has 1 heterocycles. The average molecular weight is 638 g/mol. The van der Waals surface area contributed by atoms with E-state index < -0.39 is 0 Å². The topological polar surface area (TPSA) is 67.3 Å². The van der Waals surface area contributed by atoms with E-state index in [-0.39, 0.29) is 17.6 Å². The monoisotopic (exact) mass is 637 g/mol. The minimum Gasteiger partial charge on any atom is -0.489 e. The molecule has 2 aromatic carbocycles. The Morgan fingerprint density at radius 3 is 2.09 bits per heavy atom. The molecule has 45 heavy (non-hydrogen) atoms. The number of aryl methyl sites for hydroxylation is 3. The number of rotatable bonds is 21. The second kappa shape index (κ2) is 19.5. The van der Waals surface area contributed by atoms with E-state index in [9.17, 15) is 9.59 Å². The molecule has 3 aromatic rings. The van der Waals surface area contributed by atoms with Crippen LogP contribution in [0.2, 0.25) is 5.02 Å². The molecule has 0 aliphatic rings. The van der Waals surface area contributed by atoms with Crippen LogP contribution >= 0.6 is 11.6 Å². The molecule has 0 aliphatic heterocycles. The molecule has 1 unspecified atom stereocenters. The lowest BCUT2D eigenvalue weighted by atomic mass is 10.0. The van der Waals surface area contributed by atoms with Crippen molar-refractivity contribution in [1.29, 1.82) is 0 Å². The highest BCUT2D eigenvalue weighted by atomic mass is 35.5. The zero-order valence-electron chi connectivity index (χ0n) is 28.4. The van der Waals surface area contributed by atoms with E-state index in [2.05, 4.69) is 24.2 Å². The molecule has 0 radical (unpaired) electrons. The lowest BCUT2D eigenvalue weighted by Gasteiger charge is -2.26. The first-order chi connectivity index (χ1) is 21.7. The van der Waals surface area contributed by atoms with Gasteiger partial charge >= 0.3 is 0 Å². The van der Waals surface area contributed by atoms with Crippen molar-refractivity contribution in [2.75, 3.05) is 11.4 Å². The molecule has 0 saturated heterocycles. The summed E-state index contributed by atoms with van der Waals surface area (Å²) in [5.41, 5.74) is 3.48. The van der Waals surface area contributed by atoms with Crippen LogP contribution in [0.1, 0.15) is 127 Å². The maximum absolute atomic E-state index is 13.0. The predicted molar refractivity (Wildman–Crippen MR) is 189 cm³/mol. The van der Waals surface area contributed by atoms with E-state index in [4.69, 9.17) is 16.3 Å². The third-order valence-electron chi connectivity index (χ3n) is 8.61. The molecule has 3 rings (SSSR count). The van der Waals surface area contributed by atoms with E-state index >= 15 is 0 Å². The first-order valence-corrected chi connectivity index (χ1v) is 17.7. The van der Waals surface area contributed by atoms with Crippen molar-refractivity contribution in [1.82, 2.24) is 9.78 Å². The summed E-state index contributed by atoms with van der Waals surface area (Å²) in [4.78, 5) is 27.3. The van der Waals surface area contributed by atoms with Crippen molar-refractivity contribution in [2.45, 2.75) is 137 Å². The summed E-state index contributed by atoms with van der Waals surface area (Å²) in [6, 6.07) is 13.6. The number of carbonyl (C=O) groups is 1. The van der Waals surface area contributed by atoms with Crippen molar-refractivity contribution >= 4 is 23.3 Å². The maximum atomic E-state index is 13.0. The smallest absolute Gasteiger partial charge is 0.273 e. The highest BCUT2D eigenvalue weighted by Gasteiger charge is 2.22. The number of hydrogen-bond donors (Lipinski definition) is 1. The highest BCUT2D eigenvalue weighted by molar-refractivity contribution is 6.32. The van der Waals surface area contributed by atoms with Crippen LogP contribution in [-0.2, 0) is 11.2 Å². The molecule has 0 aliphatic carbocycles. The van der Waals surface area contributed by atoms with Crippen LogP contribution in [0.15, 0.2) is 47.3 Å². The van der Waals surface area contributed by atoms with Gasteiger partial charge in [0.25, 0.3) is 5.56 Å². The number of carbonyl (C=O) groups excluding carboxylic acids is 1. The summed E-state index contributed by atoms with van der Waals surface area (Å²) in [5.74, 6) is 1.06. The van der Waals surface area contributed by atoms with Crippen LogP contribution in [0.5, 0.6) is 5.75 Å². The van der Waals surface area contributed by atoms with Crippen LogP contribution in [-0.4, -0.2) is 28.3 Å². The number of hydrogen-bond acceptors (Lipinski definition) is 3. The molecular formula is C38H56ClN3O3. The number of unbranched alkanes of at least 4 members (excludes halogenated alkanes) is 12. The van der Waals surface area contributed by atoms with Crippen LogP contribution in [0.3, 0.4) is 0 Å². The lowest BCUT2D eigenvalue weighted by Crippen LogP contribution is -2.38. The fraction of sp³-hybridized carbons (Fsp3) is 0.579. The van der Waals surface area contributed by atoms with E-state index in [1.807, 2.05) is 45.0 Å². The Kier molecular flexibility index (Phi) is 15.8. The third-order valence-corrected chi connectivity index (χ3v) is 8.90. The van der Waals surface area contributed by atoms with E-state index in [0.29, 0.717) is 29.5 Å². The third kappa shape index (κ3) is 12.0. The first-order valence-electron chi connectivity index (χ1n) is 17.4. The van der Waals surface area contributed by atoms with Crippen LogP contribution in [0.4, 0.5) is 5.82 Å². The molecule has 1 N–H and O–H groups in total. The Morgan fingerprint density at radius 2 is 1.51 bits per heavy atom. The van der Waals surface area contributed by atoms with Gasteiger partial charge in [-0.2, -0.15) is 0 Å². The van der Waals surface area contributed by atoms with Crippen molar-refractivity contribution in [3.63, 3.8) is 0 Å². The number of aromatic amines is 1. The fourth-order valence-corrected chi connectivity index (χ4v) is 6.45. The van der Waals surface area contributed by atoms with Gasteiger partial charge in [-0.3, -0.25) is 19.6 Å². The number of halogens is 1. The second-order valence-electron chi connectivity index (χ2n) is 12.6. The standard InChI is InChI=1S/C38H56ClN3O3/c1-6-8-9-10-11-12-13-14-15-16-17-18-19-21-32-22-20-23-34(26-32)45-33(7-2)28-41(31(5)43)36-27-37(44)42(40-36)38-30(4)24-29(3)25-35(38)39/h20,22-27,33,40H,6-19,21,28H2,1-5H3. The van der Waals surface area contributed by atoms with Crippen LogP contribution in [0, 0.1) is 13.8 Å². The van der Waals surface area contributed by atoms with Gasteiger partial charge in [0.1, 0.15) is 17.7 Å². The Hall–Kier alpha value is -2.99. The van der Waals surface area contributed by atoms with Crippen molar-refractivity contribution in [3.05, 3.63) is 74.5 Å². The summed E-state index contributed by atoms with van der Waals surface area (Å²) in [6.45, 7) is 10.0. The molecular weight excluding hydrogens is 582 g/mol. The van der Waals surface area contributed by atoms with E-state index in [0.717, 1.165) is 23.3 Å². The number of anilines is 1. The molecule has 1 atom stereocenters. The fourth-order valence-electron chi connectivity index (χ4n) is 6.04. The molecule has 248 valence electrons. The maximum Gasteiger partial charge on any atom is 0.273 e. The van der Waals surface area contributed by atoms with Gasteiger partial charge in [0.15, 0.2) is 0 Å². The average Bonchev–Trinajstić information content (AvgIpc) is 3.37. The largest absolute Gasteiger partial charge is 0.489 e. The minimum absolute atomic E-state index is 0.173. The molecule has 1 aromatic heterocycles. The van der Waals surface area contributed by atoms with Gasteiger partial charge in [-0.05, 0) is 68.0 Å². The number of aromatic nitrogens is 2. The number of amides is 1.